The minimum absolute atomic E-state index is 0.00311. The van der Waals surface area contributed by atoms with Crippen molar-refractivity contribution in [2.24, 2.45) is 0 Å². The zero-order valence-corrected chi connectivity index (χ0v) is 7.60. The van der Waals surface area contributed by atoms with Gasteiger partial charge in [0.1, 0.15) is 0 Å². The molecule has 0 unspecified atom stereocenters. The van der Waals surface area contributed by atoms with Crippen molar-refractivity contribution in [2.75, 3.05) is 0 Å². The van der Waals surface area contributed by atoms with Crippen LogP contribution in [0.15, 0.2) is 36.4 Å². The number of carbonyl (C=O) groups excluding carboxylic acids is 1. The fraction of sp³-hybridized carbons (Fsp3) is 0.0833. The molecular weight excluding hydrogens is 176 g/mol. The number of hydrogen-bond acceptors (Lipinski definition) is 2. The van der Waals surface area contributed by atoms with Gasteiger partial charge in [-0.05, 0) is 22.4 Å². The predicted molar refractivity (Wildman–Crippen MR) is 55.3 cm³/mol. The highest BCUT2D eigenvalue weighted by Crippen LogP contribution is 2.19. The van der Waals surface area contributed by atoms with Crippen LogP contribution in [0, 0.1) is 0 Å². The minimum atomic E-state index is 0.00311. The molecule has 0 fully saturated rings. The summed E-state index contributed by atoms with van der Waals surface area (Å²) in [6.07, 6.45) is 0.837. The molecule has 2 rings (SSSR count). The van der Waals surface area contributed by atoms with E-state index in [-0.39, 0.29) is 6.61 Å². The van der Waals surface area contributed by atoms with Crippen molar-refractivity contribution < 1.29 is 9.90 Å². The molecule has 1 N–H and O–H groups in total. The molecule has 0 aliphatic heterocycles. The van der Waals surface area contributed by atoms with Crippen molar-refractivity contribution in [2.45, 2.75) is 6.61 Å². The summed E-state index contributed by atoms with van der Waals surface area (Å²) < 4.78 is 0. The van der Waals surface area contributed by atoms with Crippen LogP contribution in [0.3, 0.4) is 0 Å². The van der Waals surface area contributed by atoms with Crippen LogP contribution in [0.2, 0.25) is 0 Å². The quantitative estimate of drug-likeness (QED) is 0.729. The van der Waals surface area contributed by atoms with Crippen LogP contribution in [0.4, 0.5) is 0 Å². The molecule has 0 saturated heterocycles. The lowest BCUT2D eigenvalue weighted by Crippen LogP contribution is -1.87. The number of aldehydes is 1. The van der Waals surface area contributed by atoms with E-state index in [1.807, 2.05) is 30.3 Å². The summed E-state index contributed by atoms with van der Waals surface area (Å²) in [6, 6.07) is 11.2. The second-order valence-corrected chi connectivity index (χ2v) is 3.18. The number of benzene rings is 2. The Morgan fingerprint density at radius 3 is 2.79 bits per heavy atom. The number of aliphatic hydroxyl groups is 1. The second kappa shape index (κ2) is 3.60. The van der Waals surface area contributed by atoms with Crippen LogP contribution >= 0.6 is 0 Å². The monoisotopic (exact) mass is 186 g/mol. The summed E-state index contributed by atoms with van der Waals surface area (Å²) in [5.74, 6) is 0. The van der Waals surface area contributed by atoms with Crippen molar-refractivity contribution >= 4 is 17.1 Å². The van der Waals surface area contributed by atoms with Gasteiger partial charge in [0.15, 0.2) is 6.29 Å². The van der Waals surface area contributed by atoms with Crippen molar-refractivity contribution in [3.63, 3.8) is 0 Å². The van der Waals surface area contributed by atoms with Gasteiger partial charge in [-0.15, -0.1) is 0 Å². The average molecular weight is 186 g/mol. The van der Waals surface area contributed by atoms with Crippen LogP contribution in [0.1, 0.15) is 15.9 Å². The lowest BCUT2D eigenvalue weighted by Gasteiger charge is -2.02. The summed E-state index contributed by atoms with van der Waals surface area (Å²) >= 11 is 0. The van der Waals surface area contributed by atoms with E-state index in [0.717, 1.165) is 22.6 Å². The van der Waals surface area contributed by atoms with Crippen LogP contribution in [-0.4, -0.2) is 11.4 Å². The lowest BCUT2D eigenvalue weighted by atomic mass is 10.0. The minimum Gasteiger partial charge on any atom is -0.392 e. The number of hydrogen-bond donors (Lipinski definition) is 1. The molecule has 0 heterocycles. The molecular formula is C12H10O2. The van der Waals surface area contributed by atoms with Crippen LogP contribution in [0.25, 0.3) is 10.8 Å². The number of aliphatic hydroxyl groups excluding tert-OH is 1. The summed E-state index contributed by atoms with van der Waals surface area (Å²) in [4.78, 5) is 10.8. The fourth-order valence-electron chi connectivity index (χ4n) is 1.55. The van der Waals surface area contributed by atoms with Crippen LogP contribution in [-0.2, 0) is 6.61 Å². The summed E-state index contributed by atoms with van der Waals surface area (Å²) in [7, 11) is 0. The molecule has 2 aromatic rings. The Morgan fingerprint density at radius 2 is 2.07 bits per heavy atom. The molecule has 70 valence electrons. The second-order valence-electron chi connectivity index (χ2n) is 3.18. The Hall–Kier alpha value is -1.67. The van der Waals surface area contributed by atoms with E-state index in [9.17, 15) is 4.79 Å². The molecule has 0 aliphatic rings. The fourth-order valence-corrected chi connectivity index (χ4v) is 1.55. The first kappa shape index (κ1) is 8.91. The van der Waals surface area contributed by atoms with Gasteiger partial charge in [-0.3, -0.25) is 4.79 Å². The Balaban J connectivity index is 2.76. The van der Waals surface area contributed by atoms with Crippen molar-refractivity contribution in [1.82, 2.24) is 0 Å². The Bertz CT molecular complexity index is 475. The highest BCUT2D eigenvalue weighted by atomic mass is 16.3. The van der Waals surface area contributed by atoms with Gasteiger partial charge in [0, 0.05) is 5.56 Å². The van der Waals surface area contributed by atoms with E-state index in [1.165, 1.54) is 0 Å². The number of fused-ring (bicyclic) bond motifs is 1. The van der Waals surface area contributed by atoms with Gasteiger partial charge in [0.25, 0.3) is 0 Å². The predicted octanol–water partition coefficient (Wildman–Crippen LogP) is 2.14. The molecule has 0 atom stereocenters. The van der Waals surface area contributed by atoms with Crippen LogP contribution < -0.4 is 0 Å². The van der Waals surface area contributed by atoms with E-state index in [0.29, 0.717) is 5.56 Å². The van der Waals surface area contributed by atoms with E-state index >= 15 is 0 Å². The standard InChI is InChI=1S/C12H10O2/c13-7-9-4-5-10-2-1-3-11(8-14)12(10)6-9/h1-6,8,13H,7H2. The average Bonchev–Trinajstić information content (AvgIpc) is 2.27. The van der Waals surface area contributed by atoms with Crippen molar-refractivity contribution in [1.29, 1.82) is 0 Å². The molecule has 0 saturated carbocycles. The first-order valence-corrected chi connectivity index (χ1v) is 4.43. The molecule has 0 spiro atoms. The Morgan fingerprint density at radius 1 is 1.21 bits per heavy atom. The van der Waals surface area contributed by atoms with Gasteiger partial charge < -0.3 is 5.11 Å². The third kappa shape index (κ3) is 1.40. The van der Waals surface area contributed by atoms with Gasteiger partial charge in [0.2, 0.25) is 0 Å². The topological polar surface area (TPSA) is 37.3 Å². The molecule has 0 amide bonds. The maximum Gasteiger partial charge on any atom is 0.150 e. The maximum absolute atomic E-state index is 10.8. The maximum atomic E-state index is 10.8. The molecule has 2 heteroatoms. The largest absolute Gasteiger partial charge is 0.392 e. The van der Waals surface area contributed by atoms with E-state index in [2.05, 4.69) is 0 Å². The normalized spacial score (nSPS) is 10.4. The van der Waals surface area contributed by atoms with Gasteiger partial charge in [-0.1, -0.05) is 30.3 Å². The highest BCUT2D eigenvalue weighted by molar-refractivity contribution is 5.98. The van der Waals surface area contributed by atoms with Crippen molar-refractivity contribution in [3.05, 3.63) is 47.5 Å². The first-order valence-electron chi connectivity index (χ1n) is 4.43. The van der Waals surface area contributed by atoms with Gasteiger partial charge >= 0.3 is 0 Å². The van der Waals surface area contributed by atoms with Gasteiger partial charge in [0.05, 0.1) is 6.61 Å². The van der Waals surface area contributed by atoms with Gasteiger partial charge in [-0.2, -0.15) is 0 Å². The first-order chi connectivity index (χ1) is 6.85. The molecule has 2 aromatic carbocycles. The molecule has 2 nitrogen and oxygen atoms in total. The summed E-state index contributed by atoms with van der Waals surface area (Å²) in [5.41, 5.74) is 1.49. The SMILES string of the molecule is O=Cc1cccc2ccc(CO)cc12. The Labute approximate surface area is 81.8 Å². The highest BCUT2D eigenvalue weighted by Gasteiger charge is 2.00. The molecule has 0 aliphatic carbocycles. The van der Waals surface area contributed by atoms with Crippen molar-refractivity contribution in [3.8, 4) is 0 Å². The molecule has 0 radical (unpaired) electrons. The van der Waals surface area contributed by atoms with Gasteiger partial charge in [-0.25, -0.2) is 0 Å². The molecule has 0 aromatic heterocycles. The third-order valence-electron chi connectivity index (χ3n) is 2.29. The molecule has 14 heavy (non-hydrogen) atoms. The van der Waals surface area contributed by atoms with E-state index in [1.54, 1.807) is 6.07 Å². The molecule has 0 bridgehead atoms. The smallest absolute Gasteiger partial charge is 0.150 e. The number of carbonyl (C=O) groups is 1. The summed E-state index contributed by atoms with van der Waals surface area (Å²) in [6.45, 7) is 0.00311. The lowest BCUT2D eigenvalue weighted by molar-refractivity contribution is 0.112. The number of rotatable bonds is 2. The zero-order chi connectivity index (χ0) is 9.97. The van der Waals surface area contributed by atoms with E-state index in [4.69, 9.17) is 5.11 Å². The third-order valence-corrected chi connectivity index (χ3v) is 2.29. The summed E-state index contributed by atoms with van der Waals surface area (Å²) in [5, 5.41) is 10.9. The van der Waals surface area contributed by atoms with E-state index < -0.39 is 0 Å². The Kier molecular flexibility index (Phi) is 2.29. The van der Waals surface area contributed by atoms with Crippen LogP contribution in [0.5, 0.6) is 0 Å². The zero-order valence-electron chi connectivity index (χ0n) is 7.60.